The van der Waals surface area contributed by atoms with E-state index in [0.717, 1.165) is 13.0 Å². The van der Waals surface area contributed by atoms with Gasteiger partial charge in [0.2, 0.25) is 5.82 Å². The molecule has 0 aromatic carbocycles. The molecule has 0 fully saturated rings. The number of nitrogens with one attached hydrogen (secondary N) is 2. The summed E-state index contributed by atoms with van der Waals surface area (Å²) >= 11 is 0. The fourth-order valence-electron chi connectivity index (χ4n) is 1.65. The number of aromatic nitrogens is 2. The molecule has 0 saturated carbocycles. The van der Waals surface area contributed by atoms with Crippen molar-refractivity contribution in [1.82, 2.24) is 15.1 Å². The number of nitrogens with zero attached hydrogens (tertiary/aromatic N) is 3. The summed E-state index contributed by atoms with van der Waals surface area (Å²) in [6.45, 7) is 5.73. The average Bonchev–Trinajstić information content (AvgIpc) is 2.56. The Hall–Kier alpha value is -1.63. The van der Waals surface area contributed by atoms with Gasteiger partial charge in [0, 0.05) is 19.6 Å². The highest BCUT2D eigenvalue weighted by Crippen LogP contribution is 2.28. The van der Waals surface area contributed by atoms with Gasteiger partial charge in [0.25, 0.3) is 0 Å². The molecule has 1 rings (SSSR count). The molecule has 0 aliphatic carbocycles. The molecule has 0 unspecified atom stereocenters. The van der Waals surface area contributed by atoms with Gasteiger partial charge in [0.1, 0.15) is 5.69 Å². The fourth-order valence-corrected chi connectivity index (χ4v) is 1.65. The zero-order valence-corrected chi connectivity index (χ0v) is 10.5. The Morgan fingerprint density at radius 3 is 2.71 bits per heavy atom. The Morgan fingerprint density at radius 2 is 2.18 bits per heavy atom. The molecule has 0 amide bonds. The molecule has 0 aliphatic heterocycles. The van der Waals surface area contributed by atoms with Crippen molar-refractivity contribution < 1.29 is 4.92 Å². The quantitative estimate of drug-likeness (QED) is 0.425. The van der Waals surface area contributed by atoms with Crippen molar-refractivity contribution in [3.63, 3.8) is 0 Å². The molecule has 17 heavy (non-hydrogen) atoms. The van der Waals surface area contributed by atoms with Gasteiger partial charge in [-0.3, -0.25) is 10.1 Å². The van der Waals surface area contributed by atoms with Crippen LogP contribution < -0.4 is 10.6 Å². The summed E-state index contributed by atoms with van der Waals surface area (Å²) in [6, 6.07) is 0. The van der Waals surface area contributed by atoms with E-state index in [-0.39, 0.29) is 10.6 Å². The summed E-state index contributed by atoms with van der Waals surface area (Å²) in [5.41, 5.74) is 0.532. The van der Waals surface area contributed by atoms with Crippen LogP contribution in [0.15, 0.2) is 0 Å². The van der Waals surface area contributed by atoms with E-state index >= 15 is 0 Å². The molecule has 1 heterocycles. The molecule has 7 nitrogen and oxygen atoms in total. The van der Waals surface area contributed by atoms with E-state index in [1.54, 1.807) is 11.6 Å². The lowest BCUT2D eigenvalue weighted by Crippen LogP contribution is -2.20. The molecule has 0 saturated heterocycles. The molecule has 96 valence electrons. The standard InChI is InChI=1S/C10H19N5O2/c1-4-7-14-10(12-6-5-11-3)9(15(16)17)8(2)13-14/h11-12H,4-7H2,1-3H3. The van der Waals surface area contributed by atoms with Gasteiger partial charge in [0.15, 0.2) is 0 Å². The third-order valence-corrected chi connectivity index (χ3v) is 2.38. The van der Waals surface area contributed by atoms with Crippen LogP contribution in [0.1, 0.15) is 19.0 Å². The highest BCUT2D eigenvalue weighted by molar-refractivity contribution is 5.59. The van der Waals surface area contributed by atoms with E-state index in [1.807, 2.05) is 14.0 Å². The zero-order chi connectivity index (χ0) is 12.8. The average molecular weight is 241 g/mol. The minimum Gasteiger partial charge on any atom is -0.363 e. The second-order valence-corrected chi connectivity index (χ2v) is 3.79. The molecule has 0 aliphatic rings. The highest BCUT2D eigenvalue weighted by Gasteiger charge is 2.24. The lowest BCUT2D eigenvalue weighted by atomic mass is 10.4. The van der Waals surface area contributed by atoms with Gasteiger partial charge in [-0.1, -0.05) is 6.92 Å². The number of hydrogen-bond acceptors (Lipinski definition) is 5. The molecular formula is C10H19N5O2. The Bertz CT molecular complexity index is 388. The second kappa shape index (κ2) is 6.19. The summed E-state index contributed by atoms with van der Waals surface area (Å²) in [5.74, 6) is 0.504. The maximum atomic E-state index is 11.0. The molecule has 0 spiro atoms. The molecule has 7 heteroatoms. The van der Waals surface area contributed by atoms with Gasteiger partial charge in [-0.05, 0) is 20.4 Å². The highest BCUT2D eigenvalue weighted by atomic mass is 16.6. The fraction of sp³-hybridized carbons (Fsp3) is 0.700. The van der Waals surface area contributed by atoms with E-state index in [4.69, 9.17) is 0 Å². The molecular weight excluding hydrogens is 222 g/mol. The van der Waals surface area contributed by atoms with Crippen molar-refractivity contribution in [2.75, 3.05) is 25.5 Å². The van der Waals surface area contributed by atoms with Crippen LogP contribution in [0, 0.1) is 17.0 Å². The van der Waals surface area contributed by atoms with Gasteiger partial charge in [-0.25, -0.2) is 4.68 Å². The van der Waals surface area contributed by atoms with Crippen LogP contribution in [0.4, 0.5) is 11.5 Å². The maximum absolute atomic E-state index is 11.0. The van der Waals surface area contributed by atoms with E-state index in [9.17, 15) is 10.1 Å². The molecule has 2 N–H and O–H groups in total. The van der Waals surface area contributed by atoms with Crippen LogP contribution in [0.25, 0.3) is 0 Å². The smallest absolute Gasteiger partial charge is 0.333 e. The molecule has 0 bridgehead atoms. The van der Waals surface area contributed by atoms with Crippen LogP contribution >= 0.6 is 0 Å². The molecule has 0 atom stereocenters. The van der Waals surface area contributed by atoms with E-state index < -0.39 is 0 Å². The summed E-state index contributed by atoms with van der Waals surface area (Å²) in [7, 11) is 1.84. The number of nitro groups is 1. The van der Waals surface area contributed by atoms with Gasteiger partial charge in [-0.15, -0.1) is 0 Å². The van der Waals surface area contributed by atoms with Crippen molar-refractivity contribution in [2.24, 2.45) is 0 Å². The number of rotatable bonds is 7. The molecule has 1 aromatic heterocycles. The normalized spacial score (nSPS) is 10.5. The summed E-state index contributed by atoms with van der Waals surface area (Å²) in [4.78, 5) is 10.6. The third-order valence-electron chi connectivity index (χ3n) is 2.38. The molecule has 1 aromatic rings. The van der Waals surface area contributed by atoms with E-state index in [2.05, 4.69) is 15.7 Å². The Labute approximate surface area is 100 Å². The lowest BCUT2D eigenvalue weighted by Gasteiger charge is -2.07. The van der Waals surface area contributed by atoms with E-state index in [1.165, 1.54) is 0 Å². The van der Waals surface area contributed by atoms with E-state index in [0.29, 0.717) is 24.6 Å². The lowest BCUT2D eigenvalue weighted by molar-refractivity contribution is -0.384. The first-order chi connectivity index (χ1) is 8.11. The summed E-state index contributed by atoms with van der Waals surface area (Å²) in [5, 5.41) is 21.2. The maximum Gasteiger partial charge on any atom is 0.333 e. The topological polar surface area (TPSA) is 85.0 Å². The second-order valence-electron chi connectivity index (χ2n) is 3.79. The third kappa shape index (κ3) is 3.16. The minimum atomic E-state index is -0.379. The minimum absolute atomic E-state index is 0.0783. The number of aryl methyl sites for hydroxylation is 2. The molecule has 0 radical (unpaired) electrons. The Morgan fingerprint density at radius 1 is 1.47 bits per heavy atom. The SMILES string of the molecule is CCCn1nc(C)c([N+](=O)[O-])c1NCCNC. The summed E-state index contributed by atoms with van der Waals surface area (Å²) < 4.78 is 1.67. The van der Waals surface area contributed by atoms with Crippen molar-refractivity contribution in [1.29, 1.82) is 0 Å². The van der Waals surface area contributed by atoms with Crippen molar-refractivity contribution >= 4 is 11.5 Å². The van der Waals surface area contributed by atoms with Gasteiger partial charge in [0.05, 0.1) is 4.92 Å². The number of anilines is 1. The monoisotopic (exact) mass is 241 g/mol. The zero-order valence-electron chi connectivity index (χ0n) is 10.5. The first-order valence-electron chi connectivity index (χ1n) is 5.72. The largest absolute Gasteiger partial charge is 0.363 e. The summed E-state index contributed by atoms with van der Waals surface area (Å²) in [6.07, 6.45) is 0.888. The van der Waals surface area contributed by atoms with Crippen LogP contribution in [0.2, 0.25) is 0 Å². The van der Waals surface area contributed by atoms with Crippen LogP contribution in [0.5, 0.6) is 0 Å². The van der Waals surface area contributed by atoms with Crippen molar-refractivity contribution in [3.8, 4) is 0 Å². The predicted molar refractivity (Wildman–Crippen MR) is 66.3 cm³/mol. The van der Waals surface area contributed by atoms with Gasteiger partial charge >= 0.3 is 5.69 Å². The number of likely N-dealkylation sites (N-methyl/N-ethyl adjacent to an activating group) is 1. The van der Waals surface area contributed by atoms with Gasteiger partial charge < -0.3 is 10.6 Å². The first kappa shape index (κ1) is 13.4. The van der Waals surface area contributed by atoms with Crippen molar-refractivity contribution in [2.45, 2.75) is 26.8 Å². The predicted octanol–water partition coefficient (Wildman–Crippen LogP) is 1.14. The first-order valence-corrected chi connectivity index (χ1v) is 5.72. The van der Waals surface area contributed by atoms with Gasteiger partial charge in [-0.2, -0.15) is 5.10 Å². The number of hydrogen-bond donors (Lipinski definition) is 2. The van der Waals surface area contributed by atoms with Crippen LogP contribution in [-0.2, 0) is 6.54 Å². The van der Waals surface area contributed by atoms with Crippen LogP contribution in [-0.4, -0.2) is 34.8 Å². The Kier molecular flexibility index (Phi) is 4.89. The van der Waals surface area contributed by atoms with Crippen molar-refractivity contribution in [3.05, 3.63) is 15.8 Å². The Balaban J connectivity index is 2.98. The van der Waals surface area contributed by atoms with Crippen LogP contribution in [0.3, 0.4) is 0 Å².